The summed E-state index contributed by atoms with van der Waals surface area (Å²) in [6.07, 6.45) is 0. The van der Waals surface area contributed by atoms with E-state index >= 15 is 0 Å². The van der Waals surface area contributed by atoms with E-state index in [1.54, 1.807) is 6.92 Å². The van der Waals surface area contributed by atoms with Gasteiger partial charge in [-0.15, -0.1) is 0 Å². The highest BCUT2D eigenvalue weighted by atomic mass is 16.6. The maximum absolute atomic E-state index is 10.2. The Kier molecular flexibility index (Phi) is 2.93. The van der Waals surface area contributed by atoms with Crippen LogP contribution in [0.25, 0.3) is 0 Å². The summed E-state index contributed by atoms with van der Waals surface area (Å²) in [4.78, 5) is 0. The number of rotatable bonds is 3. The number of aliphatic hydroxyl groups is 1. The number of hydrogen-bond donors (Lipinski definition) is 1. The van der Waals surface area contributed by atoms with E-state index in [4.69, 9.17) is 4.74 Å². The second-order valence-corrected chi connectivity index (χ2v) is 3.76. The minimum absolute atomic E-state index is 0.649. The lowest BCUT2D eigenvalue weighted by atomic mass is 10.1. The van der Waals surface area contributed by atoms with E-state index in [0.717, 1.165) is 5.56 Å². The highest BCUT2D eigenvalue weighted by molar-refractivity contribution is 5.25. The Balaban J connectivity index is 2.21. The average molecular weight is 214 g/mol. The SMILES string of the molecule is CC(O)(Oc1ccccc1)c1ccccc1. The molecule has 0 aliphatic rings. The van der Waals surface area contributed by atoms with Gasteiger partial charge in [0.15, 0.2) is 0 Å². The summed E-state index contributed by atoms with van der Waals surface area (Å²) in [5, 5.41) is 10.2. The Hall–Kier alpha value is -1.80. The predicted molar refractivity (Wildman–Crippen MR) is 63.1 cm³/mol. The first-order chi connectivity index (χ1) is 7.68. The van der Waals surface area contributed by atoms with Crippen molar-refractivity contribution in [3.05, 3.63) is 66.2 Å². The third-order valence-electron chi connectivity index (χ3n) is 2.37. The van der Waals surface area contributed by atoms with E-state index in [-0.39, 0.29) is 0 Å². The summed E-state index contributed by atoms with van der Waals surface area (Å²) in [6, 6.07) is 18.6. The molecule has 0 saturated heterocycles. The molecular formula is C14H14O2. The highest BCUT2D eigenvalue weighted by Crippen LogP contribution is 2.24. The van der Waals surface area contributed by atoms with Gasteiger partial charge in [-0.25, -0.2) is 0 Å². The summed E-state index contributed by atoms with van der Waals surface area (Å²) < 4.78 is 5.54. The van der Waals surface area contributed by atoms with Gasteiger partial charge in [-0.05, 0) is 12.1 Å². The maximum atomic E-state index is 10.2. The summed E-state index contributed by atoms with van der Waals surface area (Å²) in [5.74, 6) is -0.654. The van der Waals surface area contributed by atoms with Crippen LogP contribution in [0.15, 0.2) is 60.7 Å². The molecule has 1 N–H and O–H groups in total. The molecular weight excluding hydrogens is 200 g/mol. The fraction of sp³-hybridized carbons (Fsp3) is 0.143. The first-order valence-electron chi connectivity index (χ1n) is 5.20. The normalized spacial score (nSPS) is 14.1. The highest BCUT2D eigenvalue weighted by Gasteiger charge is 2.24. The minimum atomic E-state index is -1.30. The first-order valence-corrected chi connectivity index (χ1v) is 5.20. The smallest absolute Gasteiger partial charge is 0.232 e. The largest absolute Gasteiger partial charge is 0.459 e. The van der Waals surface area contributed by atoms with Crippen LogP contribution >= 0.6 is 0 Å². The van der Waals surface area contributed by atoms with Gasteiger partial charge < -0.3 is 9.84 Å². The topological polar surface area (TPSA) is 29.5 Å². The molecule has 82 valence electrons. The van der Waals surface area contributed by atoms with Gasteiger partial charge in [-0.2, -0.15) is 0 Å². The second-order valence-electron chi connectivity index (χ2n) is 3.76. The van der Waals surface area contributed by atoms with Crippen LogP contribution in [0.4, 0.5) is 0 Å². The molecule has 16 heavy (non-hydrogen) atoms. The van der Waals surface area contributed by atoms with Crippen LogP contribution in [0.3, 0.4) is 0 Å². The molecule has 0 aromatic heterocycles. The Labute approximate surface area is 95.1 Å². The number of para-hydroxylation sites is 1. The lowest BCUT2D eigenvalue weighted by molar-refractivity contribution is -0.129. The van der Waals surface area contributed by atoms with Crippen molar-refractivity contribution in [1.82, 2.24) is 0 Å². The predicted octanol–water partition coefficient (Wildman–Crippen LogP) is 2.93. The lowest BCUT2D eigenvalue weighted by Gasteiger charge is -2.25. The summed E-state index contributed by atoms with van der Waals surface area (Å²) >= 11 is 0. The Bertz CT molecular complexity index is 435. The van der Waals surface area contributed by atoms with Crippen molar-refractivity contribution >= 4 is 0 Å². The Morgan fingerprint density at radius 3 is 1.94 bits per heavy atom. The molecule has 0 radical (unpaired) electrons. The van der Waals surface area contributed by atoms with Crippen LogP contribution in [0.1, 0.15) is 12.5 Å². The van der Waals surface area contributed by atoms with Crippen molar-refractivity contribution in [2.24, 2.45) is 0 Å². The zero-order valence-electron chi connectivity index (χ0n) is 9.13. The van der Waals surface area contributed by atoms with Gasteiger partial charge in [-0.3, -0.25) is 0 Å². The van der Waals surface area contributed by atoms with Gasteiger partial charge in [0.25, 0.3) is 0 Å². The Morgan fingerprint density at radius 1 is 0.875 bits per heavy atom. The van der Waals surface area contributed by atoms with E-state index in [1.165, 1.54) is 0 Å². The van der Waals surface area contributed by atoms with Crippen LogP contribution in [-0.2, 0) is 5.79 Å². The van der Waals surface area contributed by atoms with Crippen molar-refractivity contribution in [2.45, 2.75) is 12.7 Å². The van der Waals surface area contributed by atoms with Crippen molar-refractivity contribution in [2.75, 3.05) is 0 Å². The fourth-order valence-electron chi connectivity index (χ4n) is 1.52. The molecule has 0 aliphatic carbocycles. The average Bonchev–Trinajstić information content (AvgIpc) is 2.31. The maximum Gasteiger partial charge on any atom is 0.232 e. The number of benzene rings is 2. The molecule has 2 aromatic carbocycles. The van der Waals surface area contributed by atoms with Gasteiger partial charge >= 0.3 is 0 Å². The second kappa shape index (κ2) is 4.37. The number of ether oxygens (including phenoxy) is 1. The molecule has 1 atom stereocenters. The van der Waals surface area contributed by atoms with Crippen LogP contribution in [0.2, 0.25) is 0 Å². The van der Waals surface area contributed by atoms with Gasteiger partial charge in [0, 0.05) is 12.5 Å². The molecule has 0 heterocycles. The van der Waals surface area contributed by atoms with Crippen LogP contribution in [-0.4, -0.2) is 5.11 Å². The third kappa shape index (κ3) is 2.41. The lowest BCUT2D eigenvalue weighted by Crippen LogP contribution is -2.28. The molecule has 0 fully saturated rings. The van der Waals surface area contributed by atoms with E-state index in [2.05, 4.69) is 0 Å². The molecule has 0 aliphatic heterocycles. The zero-order chi connectivity index (χ0) is 11.4. The van der Waals surface area contributed by atoms with Crippen LogP contribution in [0.5, 0.6) is 5.75 Å². The molecule has 1 unspecified atom stereocenters. The Morgan fingerprint density at radius 2 is 1.38 bits per heavy atom. The van der Waals surface area contributed by atoms with E-state index in [1.807, 2.05) is 60.7 Å². The van der Waals surface area contributed by atoms with Gasteiger partial charge in [0.05, 0.1) is 0 Å². The fourth-order valence-corrected chi connectivity index (χ4v) is 1.52. The first kappa shape index (κ1) is 10.7. The van der Waals surface area contributed by atoms with E-state index in [9.17, 15) is 5.11 Å². The summed E-state index contributed by atoms with van der Waals surface area (Å²) in [6.45, 7) is 1.63. The summed E-state index contributed by atoms with van der Waals surface area (Å²) in [5.41, 5.74) is 0.735. The molecule has 2 rings (SSSR count). The monoisotopic (exact) mass is 214 g/mol. The van der Waals surface area contributed by atoms with Crippen molar-refractivity contribution in [3.63, 3.8) is 0 Å². The minimum Gasteiger partial charge on any atom is -0.459 e. The standard InChI is InChI=1S/C14H14O2/c1-14(15,12-8-4-2-5-9-12)16-13-10-6-3-7-11-13/h2-11,15H,1H3. The van der Waals surface area contributed by atoms with Gasteiger partial charge in [0.2, 0.25) is 5.79 Å². The summed E-state index contributed by atoms with van der Waals surface area (Å²) in [7, 11) is 0. The van der Waals surface area contributed by atoms with Crippen molar-refractivity contribution < 1.29 is 9.84 Å². The van der Waals surface area contributed by atoms with Crippen LogP contribution < -0.4 is 4.74 Å². The van der Waals surface area contributed by atoms with Crippen molar-refractivity contribution in [3.8, 4) is 5.75 Å². The van der Waals surface area contributed by atoms with Gasteiger partial charge in [0.1, 0.15) is 5.75 Å². The third-order valence-corrected chi connectivity index (χ3v) is 2.37. The zero-order valence-corrected chi connectivity index (χ0v) is 9.13. The molecule has 0 amide bonds. The molecule has 2 heteroatoms. The van der Waals surface area contributed by atoms with E-state index < -0.39 is 5.79 Å². The molecule has 2 aromatic rings. The molecule has 2 nitrogen and oxygen atoms in total. The van der Waals surface area contributed by atoms with E-state index in [0.29, 0.717) is 5.75 Å². The number of hydrogen-bond acceptors (Lipinski definition) is 2. The molecule has 0 spiro atoms. The van der Waals surface area contributed by atoms with Gasteiger partial charge in [-0.1, -0.05) is 48.5 Å². The quantitative estimate of drug-likeness (QED) is 0.796. The molecule has 0 bridgehead atoms. The molecule has 0 saturated carbocycles. The van der Waals surface area contributed by atoms with Crippen LogP contribution in [0, 0.1) is 0 Å². The van der Waals surface area contributed by atoms with Crippen molar-refractivity contribution in [1.29, 1.82) is 0 Å².